The fraction of sp³-hybridized carbons (Fsp3) is 0.667. The van der Waals surface area contributed by atoms with Gasteiger partial charge in [0.25, 0.3) is 0 Å². The highest BCUT2D eigenvalue weighted by Crippen LogP contribution is 2.03. The van der Waals surface area contributed by atoms with Gasteiger partial charge in [0.1, 0.15) is 0 Å². The van der Waals surface area contributed by atoms with Crippen LogP contribution in [-0.2, 0) is 11.3 Å². The van der Waals surface area contributed by atoms with Crippen LogP contribution in [0.25, 0.3) is 0 Å². The van der Waals surface area contributed by atoms with Crippen molar-refractivity contribution in [3.8, 4) is 0 Å². The number of aromatic nitrogens is 2. The zero-order chi connectivity index (χ0) is 10.3. The van der Waals surface area contributed by atoms with Gasteiger partial charge in [-0.2, -0.15) is 9.49 Å². The standard InChI is InChI=1S/C7H11FN2O.C2H6/c1-6-5-9-10(7(6)8)3-4-11-2;1-2/h5H,3-4H2,1-2H3;1-2H3. The molecule has 4 heteroatoms. The predicted molar refractivity (Wildman–Crippen MR) is 50.1 cm³/mol. The van der Waals surface area contributed by atoms with Crippen LogP contribution in [-0.4, -0.2) is 23.5 Å². The van der Waals surface area contributed by atoms with Gasteiger partial charge in [0.05, 0.1) is 19.3 Å². The molecule has 0 aliphatic carbocycles. The maximum Gasteiger partial charge on any atom is 0.214 e. The number of hydrogen-bond acceptors (Lipinski definition) is 2. The van der Waals surface area contributed by atoms with Crippen molar-refractivity contribution in [1.82, 2.24) is 9.78 Å². The van der Waals surface area contributed by atoms with E-state index in [0.717, 1.165) is 0 Å². The van der Waals surface area contributed by atoms with Crippen molar-refractivity contribution in [2.24, 2.45) is 0 Å². The van der Waals surface area contributed by atoms with E-state index in [0.29, 0.717) is 18.7 Å². The molecular formula is C9H17FN2O. The van der Waals surface area contributed by atoms with Crippen LogP contribution in [0.5, 0.6) is 0 Å². The second-order valence-corrected chi connectivity index (χ2v) is 2.33. The van der Waals surface area contributed by atoms with Gasteiger partial charge in [0, 0.05) is 12.7 Å². The first-order valence-electron chi connectivity index (χ1n) is 4.42. The average Bonchev–Trinajstić information content (AvgIpc) is 2.48. The molecule has 0 unspecified atom stereocenters. The van der Waals surface area contributed by atoms with E-state index in [1.165, 1.54) is 10.9 Å². The van der Waals surface area contributed by atoms with E-state index >= 15 is 0 Å². The maximum atomic E-state index is 12.9. The van der Waals surface area contributed by atoms with E-state index in [1.807, 2.05) is 13.8 Å². The lowest BCUT2D eigenvalue weighted by Gasteiger charge is -1.99. The molecule has 0 atom stereocenters. The van der Waals surface area contributed by atoms with Crippen LogP contribution in [0.2, 0.25) is 0 Å². The lowest BCUT2D eigenvalue weighted by Crippen LogP contribution is -2.08. The Labute approximate surface area is 78.5 Å². The SMILES string of the molecule is CC.COCCn1ncc(C)c1F. The Morgan fingerprint density at radius 3 is 2.54 bits per heavy atom. The first kappa shape index (κ1) is 12.1. The Kier molecular flexibility index (Phi) is 6.14. The number of hydrogen-bond donors (Lipinski definition) is 0. The molecule has 0 spiro atoms. The van der Waals surface area contributed by atoms with Gasteiger partial charge < -0.3 is 4.74 Å². The molecule has 1 aromatic heterocycles. The van der Waals surface area contributed by atoms with E-state index in [-0.39, 0.29) is 5.95 Å². The monoisotopic (exact) mass is 188 g/mol. The normalized spacial score (nSPS) is 9.31. The molecule has 1 aromatic rings. The Balaban J connectivity index is 0.000000671. The third-order valence-corrected chi connectivity index (χ3v) is 1.45. The summed E-state index contributed by atoms with van der Waals surface area (Å²) in [4.78, 5) is 0. The van der Waals surface area contributed by atoms with Gasteiger partial charge in [0.15, 0.2) is 0 Å². The van der Waals surface area contributed by atoms with Gasteiger partial charge in [-0.05, 0) is 6.92 Å². The molecule has 0 saturated heterocycles. The molecule has 0 aliphatic rings. The van der Waals surface area contributed by atoms with Gasteiger partial charge in [-0.1, -0.05) is 13.8 Å². The fourth-order valence-electron chi connectivity index (χ4n) is 0.797. The van der Waals surface area contributed by atoms with Crippen LogP contribution < -0.4 is 0 Å². The van der Waals surface area contributed by atoms with Gasteiger partial charge in [-0.3, -0.25) is 0 Å². The van der Waals surface area contributed by atoms with Crippen LogP contribution in [0.1, 0.15) is 19.4 Å². The quantitative estimate of drug-likeness (QED) is 0.725. The van der Waals surface area contributed by atoms with Crippen LogP contribution in [0.15, 0.2) is 6.20 Å². The molecule has 0 aromatic carbocycles. The smallest absolute Gasteiger partial charge is 0.214 e. The minimum absolute atomic E-state index is 0.276. The number of aryl methyl sites for hydroxylation is 1. The van der Waals surface area contributed by atoms with Crippen molar-refractivity contribution >= 4 is 0 Å². The average molecular weight is 188 g/mol. The molecular weight excluding hydrogens is 171 g/mol. The van der Waals surface area contributed by atoms with E-state index in [9.17, 15) is 4.39 Å². The minimum atomic E-state index is -0.276. The number of rotatable bonds is 3. The second-order valence-electron chi connectivity index (χ2n) is 2.33. The molecule has 13 heavy (non-hydrogen) atoms. The molecule has 0 radical (unpaired) electrons. The maximum absolute atomic E-state index is 12.9. The molecule has 0 saturated carbocycles. The lowest BCUT2D eigenvalue weighted by molar-refractivity contribution is 0.178. The van der Waals surface area contributed by atoms with Crippen molar-refractivity contribution in [1.29, 1.82) is 0 Å². The largest absolute Gasteiger partial charge is 0.383 e. The van der Waals surface area contributed by atoms with Crippen LogP contribution in [0.3, 0.4) is 0 Å². The summed E-state index contributed by atoms with van der Waals surface area (Å²) in [5.74, 6) is -0.276. The first-order chi connectivity index (χ1) is 6.25. The molecule has 0 bridgehead atoms. The summed E-state index contributed by atoms with van der Waals surface area (Å²) in [5, 5.41) is 3.81. The highest BCUT2D eigenvalue weighted by atomic mass is 19.1. The summed E-state index contributed by atoms with van der Waals surface area (Å²) in [6, 6.07) is 0. The van der Waals surface area contributed by atoms with E-state index in [2.05, 4.69) is 5.10 Å². The lowest BCUT2D eigenvalue weighted by atomic mass is 10.4. The molecule has 0 aliphatic heterocycles. The van der Waals surface area contributed by atoms with Crippen molar-refractivity contribution < 1.29 is 9.13 Å². The second kappa shape index (κ2) is 6.60. The number of methoxy groups -OCH3 is 1. The number of halogens is 1. The molecule has 1 heterocycles. The highest BCUT2D eigenvalue weighted by Gasteiger charge is 2.04. The first-order valence-corrected chi connectivity index (χ1v) is 4.42. The number of ether oxygens (including phenoxy) is 1. The minimum Gasteiger partial charge on any atom is -0.383 e. The topological polar surface area (TPSA) is 27.1 Å². The summed E-state index contributed by atoms with van der Waals surface area (Å²) in [7, 11) is 1.58. The van der Waals surface area contributed by atoms with E-state index < -0.39 is 0 Å². The van der Waals surface area contributed by atoms with Crippen LogP contribution in [0, 0.1) is 12.9 Å². The van der Waals surface area contributed by atoms with Gasteiger partial charge in [0.2, 0.25) is 5.95 Å². The van der Waals surface area contributed by atoms with E-state index in [4.69, 9.17) is 4.74 Å². The Morgan fingerprint density at radius 2 is 2.15 bits per heavy atom. The molecule has 76 valence electrons. The van der Waals surface area contributed by atoms with E-state index in [1.54, 1.807) is 14.0 Å². The summed E-state index contributed by atoms with van der Waals surface area (Å²) in [5.41, 5.74) is 0.570. The van der Waals surface area contributed by atoms with Crippen LogP contribution >= 0.6 is 0 Å². The Hall–Kier alpha value is -0.900. The Bertz CT molecular complexity index is 236. The summed E-state index contributed by atoms with van der Waals surface area (Å²) in [6.07, 6.45) is 1.50. The molecule has 0 N–H and O–H groups in total. The summed E-state index contributed by atoms with van der Waals surface area (Å²) < 4.78 is 19.0. The fourth-order valence-corrected chi connectivity index (χ4v) is 0.797. The molecule has 1 rings (SSSR count). The molecule has 3 nitrogen and oxygen atoms in total. The van der Waals surface area contributed by atoms with Crippen molar-refractivity contribution in [3.63, 3.8) is 0 Å². The van der Waals surface area contributed by atoms with Crippen molar-refractivity contribution in [2.75, 3.05) is 13.7 Å². The summed E-state index contributed by atoms with van der Waals surface area (Å²) >= 11 is 0. The third-order valence-electron chi connectivity index (χ3n) is 1.45. The third kappa shape index (κ3) is 3.55. The van der Waals surface area contributed by atoms with Crippen LogP contribution in [0.4, 0.5) is 4.39 Å². The van der Waals surface area contributed by atoms with Crippen molar-refractivity contribution in [3.05, 3.63) is 17.7 Å². The van der Waals surface area contributed by atoms with Crippen molar-refractivity contribution in [2.45, 2.75) is 27.3 Å². The highest BCUT2D eigenvalue weighted by molar-refractivity contribution is 5.02. The predicted octanol–water partition coefficient (Wildman–Crippen LogP) is 2.00. The molecule has 0 fully saturated rings. The Morgan fingerprint density at radius 1 is 1.54 bits per heavy atom. The zero-order valence-corrected chi connectivity index (χ0v) is 8.67. The zero-order valence-electron chi connectivity index (χ0n) is 8.67. The van der Waals surface area contributed by atoms with Gasteiger partial charge >= 0.3 is 0 Å². The van der Waals surface area contributed by atoms with Gasteiger partial charge in [-0.15, -0.1) is 0 Å². The molecule has 0 amide bonds. The summed E-state index contributed by atoms with van der Waals surface area (Å²) in [6.45, 7) is 6.64. The number of nitrogens with zero attached hydrogens (tertiary/aromatic N) is 2. The van der Waals surface area contributed by atoms with Gasteiger partial charge in [-0.25, -0.2) is 4.68 Å².